The van der Waals surface area contributed by atoms with Crippen molar-refractivity contribution in [3.05, 3.63) is 29.8 Å². The lowest BCUT2D eigenvalue weighted by Crippen LogP contribution is -2.39. The molecule has 1 fully saturated rings. The highest BCUT2D eigenvalue weighted by atomic mass is 16.5. The van der Waals surface area contributed by atoms with Crippen LogP contribution in [0.2, 0.25) is 0 Å². The number of piperidine rings is 1. The number of nitrogens with one attached hydrogen (secondary N) is 1. The van der Waals surface area contributed by atoms with Crippen LogP contribution in [0.1, 0.15) is 18.4 Å². The Morgan fingerprint density at radius 3 is 2.64 bits per heavy atom. The van der Waals surface area contributed by atoms with E-state index in [1.54, 1.807) is 0 Å². The van der Waals surface area contributed by atoms with E-state index in [0.717, 1.165) is 43.1 Å². The molecule has 0 aliphatic carbocycles. The fourth-order valence-electron chi connectivity index (χ4n) is 2.83. The first kappa shape index (κ1) is 14.7. The van der Waals surface area contributed by atoms with Gasteiger partial charge in [0.2, 0.25) is 5.90 Å². The van der Waals surface area contributed by atoms with Gasteiger partial charge in [-0.1, -0.05) is 0 Å². The molecule has 6 heteroatoms. The fraction of sp³-hybridized carbons (Fsp3) is 0.500. The summed E-state index contributed by atoms with van der Waals surface area (Å²) in [6.07, 6.45) is 1.03. The summed E-state index contributed by atoms with van der Waals surface area (Å²) in [5.74, 6) is 1.26. The predicted molar refractivity (Wildman–Crippen MR) is 84.6 cm³/mol. The molecule has 0 atom stereocenters. The summed E-state index contributed by atoms with van der Waals surface area (Å²) in [7, 11) is 0. The van der Waals surface area contributed by atoms with Crippen molar-refractivity contribution in [3.8, 4) is 0 Å². The molecule has 2 aliphatic rings. The van der Waals surface area contributed by atoms with Gasteiger partial charge >= 0.3 is 6.09 Å². The average molecular weight is 303 g/mol. The van der Waals surface area contributed by atoms with Crippen LogP contribution in [0.3, 0.4) is 0 Å². The Kier molecular flexibility index (Phi) is 4.46. The molecule has 0 aromatic heterocycles. The van der Waals surface area contributed by atoms with Crippen molar-refractivity contribution in [1.29, 1.82) is 0 Å². The number of rotatable bonds is 4. The van der Waals surface area contributed by atoms with E-state index in [9.17, 15) is 4.79 Å². The van der Waals surface area contributed by atoms with Crippen molar-refractivity contribution in [1.82, 2.24) is 4.90 Å². The zero-order valence-corrected chi connectivity index (χ0v) is 12.5. The highest BCUT2D eigenvalue weighted by Gasteiger charge is 2.21. The Bertz CT molecular complexity index is 548. The summed E-state index contributed by atoms with van der Waals surface area (Å²) >= 11 is 0. The standard InChI is InChI=1S/C16H21N3O3/c20-16(21)19-8-5-12(6-9-19)11-18-14-3-1-13(2-4-14)15-17-7-10-22-15/h1-4,12,18H,5-11H2,(H,20,21). The number of carbonyl (C=O) groups is 1. The molecule has 2 heterocycles. The lowest BCUT2D eigenvalue weighted by Gasteiger charge is -2.30. The minimum atomic E-state index is -0.806. The second-order valence-corrected chi connectivity index (χ2v) is 5.71. The molecule has 0 spiro atoms. The van der Waals surface area contributed by atoms with Gasteiger partial charge in [-0.15, -0.1) is 0 Å². The van der Waals surface area contributed by atoms with E-state index in [1.807, 2.05) is 24.3 Å². The molecular weight excluding hydrogens is 282 g/mol. The maximum Gasteiger partial charge on any atom is 0.407 e. The Balaban J connectivity index is 1.47. The van der Waals surface area contributed by atoms with Crippen LogP contribution in [-0.4, -0.2) is 54.8 Å². The van der Waals surface area contributed by atoms with Gasteiger partial charge in [-0.25, -0.2) is 9.79 Å². The number of hydrogen-bond acceptors (Lipinski definition) is 4. The zero-order chi connectivity index (χ0) is 15.4. The number of nitrogens with zero attached hydrogens (tertiary/aromatic N) is 2. The third-order valence-electron chi connectivity index (χ3n) is 4.20. The quantitative estimate of drug-likeness (QED) is 0.895. The summed E-state index contributed by atoms with van der Waals surface area (Å²) in [6.45, 7) is 3.56. The van der Waals surface area contributed by atoms with Crippen LogP contribution in [0, 0.1) is 5.92 Å². The van der Waals surface area contributed by atoms with E-state index in [4.69, 9.17) is 9.84 Å². The Morgan fingerprint density at radius 1 is 1.32 bits per heavy atom. The predicted octanol–water partition coefficient (Wildman–Crippen LogP) is 2.27. The van der Waals surface area contributed by atoms with Crippen LogP contribution in [0.25, 0.3) is 0 Å². The van der Waals surface area contributed by atoms with E-state index < -0.39 is 6.09 Å². The summed E-state index contributed by atoms with van der Waals surface area (Å²) in [5, 5.41) is 12.4. The number of aliphatic imine (C=N–C) groups is 1. The summed E-state index contributed by atoms with van der Waals surface area (Å²) in [4.78, 5) is 16.7. The van der Waals surface area contributed by atoms with Crippen LogP contribution in [0.4, 0.5) is 10.5 Å². The number of carboxylic acid groups (broad SMARTS) is 1. The molecule has 0 saturated carbocycles. The molecule has 6 nitrogen and oxygen atoms in total. The van der Waals surface area contributed by atoms with Gasteiger partial charge in [0.25, 0.3) is 0 Å². The molecule has 118 valence electrons. The monoisotopic (exact) mass is 303 g/mol. The average Bonchev–Trinajstić information content (AvgIpc) is 3.08. The Morgan fingerprint density at radius 2 is 2.05 bits per heavy atom. The first-order chi connectivity index (χ1) is 10.7. The minimum Gasteiger partial charge on any atom is -0.476 e. The van der Waals surface area contributed by atoms with Crippen LogP contribution >= 0.6 is 0 Å². The van der Waals surface area contributed by atoms with Gasteiger partial charge in [-0.2, -0.15) is 0 Å². The number of likely N-dealkylation sites (tertiary alicyclic amines) is 1. The number of benzene rings is 1. The normalized spacial score (nSPS) is 18.7. The topological polar surface area (TPSA) is 74.2 Å². The molecule has 0 bridgehead atoms. The molecule has 0 unspecified atom stereocenters. The molecule has 2 N–H and O–H groups in total. The molecule has 1 amide bonds. The second kappa shape index (κ2) is 6.68. The molecule has 3 rings (SSSR count). The number of anilines is 1. The minimum absolute atomic E-state index is 0.526. The molecule has 2 aliphatic heterocycles. The summed E-state index contributed by atoms with van der Waals surface area (Å²) in [5.41, 5.74) is 2.08. The molecule has 0 radical (unpaired) electrons. The van der Waals surface area contributed by atoms with Gasteiger partial charge in [0.05, 0.1) is 6.54 Å². The zero-order valence-electron chi connectivity index (χ0n) is 12.5. The number of hydrogen-bond donors (Lipinski definition) is 2. The fourth-order valence-corrected chi connectivity index (χ4v) is 2.83. The van der Waals surface area contributed by atoms with Gasteiger partial charge in [0, 0.05) is 30.9 Å². The highest BCUT2D eigenvalue weighted by molar-refractivity contribution is 5.95. The van der Waals surface area contributed by atoms with Crippen LogP contribution in [0.15, 0.2) is 29.3 Å². The lowest BCUT2D eigenvalue weighted by molar-refractivity contribution is 0.126. The third-order valence-corrected chi connectivity index (χ3v) is 4.20. The summed E-state index contributed by atoms with van der Waals surface area (Å²) in [6, 6.07) is 8.09. The van der Waals surface area contributed by atoms with E-state index in [0.29, 0.717) is 25.6 Å². The van der Waals surface area contributed by atoms with Gasteiger partial charge < -0.3 is 20.1 Å². The van der Waals surface area contributed by atoms with E-state index >= 15 is 0 Å². The molecule has 1 saturated heterocycles. The third kappa shape index (κ3) is 3.50. The Hall–Kier alpha value is -2.24. The largest absolute Gasteiger partial charge is 0.476 e. The molecule has 1 aromatic carbocycles. The number of ether oxygens (including phenoxy) is 1. The molecular formula is C16H21N3O3. The highest BCUT2D eigenvalue weighted by Crippen LogP contribution is 2.19. The maximum absolute atomic E-state index is 10.9. The Labute approximate surface area is 129 Å². The first-order valence-electron chi connectivity index (χ1n) is 7.72. The van der Waals surface area contributed by atoms with Gasteiger partial charge in [-0.05, 0) is 43.0 Å². The maximum atomic E-state index is 10.9. The van der Waals surface area contributed by atoms with Crippen molar-refractivity contribution in [2.45, 2.75) is 12.8 Å². The van der Waals surface area contributed by atoms with Gasteiger partial charge in [0.15, 0.2) is 0 Å². The second-order valence-electron chi connectivity index (χ2n) is 5.71. The van der Waals surface area contributed by atoms with Crippen molar-refractivity contribution >= 4 is 17.7 Å². The molecule has 1 aromatic rings. The van der Waals surface area contributed by atoms with Crippen LogP contribution in [0.5, 0.6) is 0 Å². The van der Waals surface area contributed by atoms with Crippen molar-refractivity contribution in [3.63, 3.8) is 0 Å². The van der Waals surface area contributed by atoms with Gasteiger partial charge in [0.1, 0.15) is 6.61 Å². The molecule has 22 heavy (non-hydrogen) atoms. The van der Waals surface area contributed by atoms with Crippen LogP contribution < -0.4 is 5.32 Å². The van der Waals surface area contributed by atoms with Gasteiger partial charge in [-0.3, -0.25) is 0 Å². The van der Waals surface area contributed by atoms with E-state index in [2.05, 4.69) is 10.3 Å². The lowest BCUT2D eigenvalue weighted by atomic mass is 9.97. The van der Waals surface area contributed by atoms with Crippen molar-refractivity contribution in [2.75, 3.05) is 38.1 Å². The number of amides is 1. The van der Waals surface area contributed by atoms with E-state index in [1.165, 1.54) is 4.90 Å². The first-order valence-corrected chi connectivity index (χ1v) is 7.72. The SMILES string of the molecule is O=C(O)N1CCC(CNc2ccc(C3=NCCO3)cc2)CC1. The van der Waals surface area contributed by atoms with Crippen LogP contribution in [-0.2, 0) is 4.74 Å². The smallest absolute Gasteiger partial charge is 0.407 e. The van der Waals surface area contributed by atoms with Crippen molar-refractivity contribution in [2.24, 2.45) is 10.9 Å². The van der Waals surface area contributed by atoms with E-state index in [-0.39, 0.29) is 0 Å². The van der Waals surface area contributed by atoms with Crippen molar-refractivity contribution < 1.29 is 14.6 Å². The summed E-state index contributed by atoms with van der Waals surface area (Å²) < 4.78 is 5.44.